The molecule has 1 aliphatic heterocycles. The van der Waals surface area contributed by atoms with Crippen LogP contribution in [-0.4, -0.2) is 44.7 Å². The molecule has 3 rings (SSSR count). The van der Waals surface area contributed by atoms with Crippen molar-refractivity contribution in [3.8, 4) is 5.75 Å². The van der Waals surface area contributed by atoms with Gasteiger partial charge in [-0.2, -0.15) is 0 Å². The van der Waals surface area contributed by atoms with Crippen LogP contribution in [0.3, 0.4) is 0 Å². The van der Waals surface area contributed by atoms with Crippen molar-refractivity contribution in [3.63, 3.8) is 0 Å². The van der Waals surface area contributed by atoms with Crippen LogP contribution in [0.5, 0.6) is 5.75 Å². The van der Waals surface area contributed by atoms with E-state index in [1.807, 2.05) is 42.5 Å². The Balaban J connectivity index is 2.04. The second-order valence-corrected chi connectivity index (χ2v) is 7.38. The predicted molar refractivity (Wildman–Crippen MR) is 113 cm³/mol. The Morgan fingerprint density at radius 2 is 1.60 bits per heavy atom. The number of likely N-dealkylation sites (tertiary alicyclic amines) is 1. The van der Waals surface area contributed by atoms with Gasteiger partial charge in [0.2, 0.25) is 0 Å². The van der Waals surface area contributed by atoms with Crippen molar-refractivity contribution in [3.05, 3.63) is 77.9 Å². The van der Waals surface area contributed by atoms with Gasteiger partial charge in [0.05, 0.1) is 21.3 Å². The van der Waals surface area contributed by atoms with Crippen LogP contribution < -0.4 is 4.74 Å². The van der Waals surface area contributed by atoms with Gasteiger partial charge in [-0.15, -0.1) is 0 Å². The zero-order valence-corrected chi connectivity index (χ0v) is 17.6. The topological polar surface area (TPSA) is 65.1 Å². The lowest BCUT2D eigenvalue weighted by Crippen LogP contribution is -2.52. The highest BCUT2D eigenvalue weighted by Gasteiger charge is 2.55. The Labute approximate surface area is 177 Å². The van der Waals surface area contributed by atoms with Crippen molar-refractivity contribution in [1.29, 1.82) is 0 Å². The summed E-state index contributed by atoms with van der Waals surface area (Å²) in [6, 6.07) is 17.5. The Kier molecular flexibility index (Phi) is 6.57. The van der Waals surface area contributed by atoms with E-state index in [2.05, 4.69) is 23.6 Å². The van der Waals surface area contributed by atoms with Crippen LogP contribution in [0.4, 0.5) is 0 Å². The highest BCUT2D eigenvalue weighted by molar-refractivity contribution is 6.03. The van der Waals surface area contributed by atoms with E-state index in [4.69, 9.17) is 14.2 Å². The average molecular weight is 409 g/mol. The van der Waals surface area contributed by atoms with Crippen molar-refractivity contribution in [2.45, 2.75) is 19.0 Å². The number of hydrogen-bond donors (Lipinski definition) is 0. The van der Waals surface area contributed by atoms with Gasteiger partial charge in [0, 0.05) is 19.1 Å². The summed E-state index contributed by atoms with van der Waals surface area (Å²) in [6.07, 6.45) is 0.185. The van der Waals surface area contributed by atoms with Crippen molar-refractivity contribution >= 4 is 11.9 Å². The van der Waals surface area contributed by atoms with E-state index in [9.17, 15) is 9.59 Å². The number of ether oxygens (including phenoxy) is 3. The molecule has 2 aromatic rings. The van der Waals surface area contributed by atoms with Crippen LogP contribution in [0.15, 0.2) is 66.7 Å². The average Bonchev–Trinajstić information content (AvgIpc) is 2.79. The Bertz CT molecular complexity index is 891. The number of hydrogen-bond acceptors (Lipinski definition) is 6. The minimum absolute atomic E-state index is 0.185. The van der Waals surface area contributed by atoms with Gasteiger partial charge < -0.3 is 14.2 Å². The zero-order valence-electron chi connectivity index (χ0n) is 17.6. The number of rotatable bonds is 6. The fourth-order valence-electron chi connectivity index (χ4n) is 4.08. The molecule has 6 heteroatoms. The van der Waals surface area contributed by atoms with Crippen LogP contribution >= 0.6 is 0 Å². The molecular formula is C24H27NO5. The smallest absolute Gasteiger partial charge is 0.327 e. The maximum atomic E-state index is 12.8. The molecule has 0 bridgehead atoms. The number of nitrogens with zero attached hydrogens (tertiary/aromatic N) is 1. The highest BCUT2D eigenvalue weighted by Crippen LogP contribution is 2.47. The van der Waals surface area contributed by atoms with Crippen LogP contribution in [-0.2, 0) is 25.6 Å². The number of piperidine rings is 1. The van der Waals surface area contributed by atoms with Gasteiger partial charge in [-0.25, -0.2) is 0 Å². The first-order valence-electron chi connectivity index (χ1n) is 9.73. The first-order chi connectivity index (χ1) is 14.5. The molecule has 30 heavy (non-hydrogen) atoms. The third-order valence-electron chi connectivity index (χ3n) is 5.73. The maximum absolute atomic E-state index is 12.8. The van der Waals surface area contributed by atoms with Gasteiger partial charge in [-0.3, -0.25) is 14.5 Å². The van der Waals surface area contributed by atoms with E-state index in [1.165, 1.54) is 14.2 Å². The highest BCUT2D eigenvalue weighted by atomic mass is 16.5. The molecule has 0 saturated carbocycles. The fourth-order valence-corrected chi connectivity index (χ4v) is 4.08. The molecule has 0 amide bonds. The molecule has 1 atom stereocenters. The summed E-state index contributed by atoms with van der Waals surface area (Å²) >= 11 is 0. The van der Waals surface area contributed by atoms with E-state index >= 15 is 0 Å². The van der Waals surface area contributed by atoms with Gasteiger partial charge in [-0.05, 0) is 35.3 Å². The lowest BCUT2D eigenvalue weighted by Gasteiger charge is -2.45. The fraction of sp³-hybridized carbons (Fsp3) is 0.333. The molecular weight excluding hydrogens is 382 g/mol. The Morgan fingerprint density at radius 1 is 1.00 bits per heavy atom. The van der Waals surface area contributed by atoms with E-state index in [1.54, 1.807) is 7.11 Å². The molecule has 1 aliphatic rings. The van der Waals surface area contributed by atoms with Crippen molar-refractivity contribution in [1.82, 2.24) is 4.90 Å². The lowest BCUT2D eigenvalue weighted by atomic mass is 9.70. The van der Waals surface area contributed by atoms with E-state index in [0.717, 1.165) is 16.9 Å². The van der Waals surface area contributed by atoms with Crippen molar-refractivity contribution in [2.75, 3.05) is 27.9 Å². The number of carbonyl (C=O) groups is 2. The number of esters is 2. The van der Waals surface area contributed by atoms with Gasteiger partial charge in [0.15, 0.2) is 5.41 Å². The summed E-state index contributed by atoms with van der Waals surface area (Å²) in [5.74, 6) is -0.546. The summed E-state index contributed by atoms with van der Waals surface area (Å²) in [5, 5.41) is 0. The first kappa shape index (κ1) is 21.6. The van der Waals surface area contributed by atoms with E-state index in [-0.39, 0.29) is 12.5 Å². The molecule has 1 heterocycles. The normalized spacial score (nSPS) is 18.5. The minimum Gasteiger partial charge on any atom is -0.497 e. The van der Waals surface area contributed by atoms with Gasteiger partial charge >= 0.3 is 11.9 Å². The molecule has 1 saturated heterocycles. The molecule has 0 aromatic heterocycles. The van der Waals surface area contributed by atoms with Crippen LogP contribution in [0.2, 0.25) is 0 Å². The second kappa shape index (κ2) is 9.13. The zero-order chi connectivity index (χ0) is 21.7. The van der Waals surface area contributed by atoms with E-state index < -0.39 is 17.4 Å². The maximum Gasteiger partial charge on any atom is 0.327 e. The first-order valence-corrected chi connectivity index (χ1v) is 9.73. The number of benzene rings is 2. The van der Waals surface area contributed by atoms with E-state index in [0.29, 0.717) is 18.7 Å². The van der Waals surface area contributed by atoms with Crippen molar-refractivity contribution < 1.29 is 23.8 Å². The quantitative estimate of drug-likeness (QED) is 0.413. The largest absolute Gasteiger partial charge is 0.497 e. The molecule has 0 spiro atoms. The van der Waals surface area contributed by atoms with Crippen LogP contribution in [0.1, 0.15) is 23.6 Å². The third-order valence-corrected chi connectivity index (χ3v) is 5.73. The molecule has 0 radical (unpaired) electrons. The molecule has 6 nitrogen and oxygen atoms in total. The summed E-state index contributed by atoms with van der Waals surface area (Å²) in [6.45, 7) is 5.09. The second-order valence-electron chi connectivity index (χ2n) is 7.38. The Hall–Kier alpha value is -3.12. The molecule has 0 aliphatic carbocycles. The molecule has 158 valence electrons. The standard InChI is InChI=1S/C24H27NO5/c1-17-15-25(16-18-8-6-5-7-9-18)21(19-10-12-20(28-2)13-11-19)14-24(17,22(26)29-3)23(27)30-4/h5-13,21H,1,14-16H2,2-4H3. The third kappa shape index (κ3) is 3.96. The summed E-state index contributed by atoms with van der Waals surface area (Å²) < 4.78 is 15.3. The van der Waals surface area contributed by atoms with Crippen LogP contribution in [0, 0.1) is 5.41 Å². The SMILES string of the molecule is C=C1CN(Cc2ccccc2)C(c2ccc(OC)cc2)CC1(C(=O)OC)C(=O)OC. The number of carbonyl (C=O) groups excluding carboxylic acids is 2. The molecule has 0 N–H and O–H groups in total. The molecule has 1 fully saturated rings. The van der Waals surface area contributed by atoms with Gasteiger partial charge in [0.1, 0.15) is 5.75 Å². The predicted octanol–water partition coefficient (Wildman–Crippen LogP) is 3.53. The van der Waals surface area contributed by atoms with Gasteiger partial charge in [-0.1, -0.05) is 49.0 Å². The monoisotopic (exact) mass is 409 g/mol. The van der Waals surface area contributed by atoms with Crippen molar-refractivity contribution in [2.24, 2.45) is 5.41 Å². The minimum atomic E-state index is -1.54. The number of methoxy groups -OCH3 is 3. The summed E-state index contributed by atoms with van der Waals surface area (Å²) in [5.41, 5.74) is 1.03. The lowest BCUT2D eigenvalue weighted by molar-refractivity contribution is -0.169. The summed E-state index contributed by atoms with van der Waals surface area (Å²) in [7, 11) is 4.17. The summed E-state index contributed by atoms with van der Waals surface area (Å²) in [4.78, 5) is 27.9. The van der Waals surface area contributed by atoms with Gasteiger partial charge in [0.25, 0.3) is 0 Å². The van der Waals surface area contributed by atoms with Crippen LogP contribution in [0.25, 0.3) is 0 Å². The Morgan fingerprint density at radius 3 is 2.13 bits per heavy atom. The molecule has 1 unspecified atom stereocenters. The molecule has 2 aromatic carbocycles.